The van der Waals surface area contributed by atoms with Crippen LogP contribution in [0.3, 0.4) is 0 Å². The summed E-state index contributed by atoms with van der Waals surface area (Å²) in [6.45, 7) is 1.98. The summed E-state index contributed by atoms with van der Waals surface area (Å²) in [7, 11) is 0. The summed E-state index contributed by atoms with van der Waals surface area (Å²) in [6.07, 6.45) is 3.97. The SMILES string of the molecule is NC[C@@H]1CN(C(=O)c2ccnc(C3CC3)n2)C[C@H]1c1ccccc1. The topological polar surface area (TPSA) is 72.1 Å². The van der Waals surface area contributed by atoms with Gasteiger partial charge in [0.15, 0.2) is 0 Å². The molecule has 1 aromatic heterocycles. The molecule has 2 aliphatic rings. The lowest BCUT2D eigenvalue weighted by molar-refractivity contribution is 0.0780. The molecule has 1 aliphatic heterocycles. The number of hydrogen-bond donors (Lipinski definition) is 1. The Bertz CT molecular complexity index is 729. The predicted octanol–water partition coefficient (Wildman–Crippen LogP) is 2.17. The highest BCUT2D eigenvalue weighted by Gasteiger charge is 2.36. The third-order valence-electron chi connectivity index (χ3n) is 5.09. The fourth-order valence-corrected chi connectivity index (χ4v) is 3.55. The van der Waals surface area contributed by atoms with Crippen LogP contribution in [0.2, 0.25) is 0 Å². The molecule has 124 valence electrons. The van der Waals surface area contributed by atoms with Crippen LogP contribution < -0.4 is 5.73 Å². The highest BCUT2D eigenvalue weighted by atomic mass is 16.2. The lowest BCUT2D eigenvalue weighted by atomic mass is 9.89. The van der Waals surface area contributed by atoms with Crippen LogP contribution >= 0.6 is 0 Å². The van der Waals surface area contributed by atoms with Gasteiger partial charge in [-0.15, -0.1) is 0 Å². The van der Waals surface area contributed by atoms with Crippen molar-refractivity contribution in [1.29, 1.82) is 0 Å². The second kappa shape index (κ2) is 6.32. The number of nitrogens with zero attached hydrogens (tertiary/aromatic N) is 3. The van der Waals surface area contributed by atoms with E-state index in [1.54, 1.807) is 12.3 Å². The van der Waals surface area contributed by atoms with Gasteiger partial charge in [-0.3, -0.25) is 4.79 Å². The average molecular weight is 322 g/mol. The van der Waals surface area contributed by atoms with Gasteiger partial charge < -0.3 is 10.6 Å². The number of likely N-dealkylation sites (tertiary alicyclic amines) is 1. The molecule has 0 bridgehead atoms. The van der Waals surface area contributed by atoms with E-state index >= 15 is 0 Å². The molecule has 0 radical (unpaired) electrons. The van der Waals surface area contributed by atoms with Crippen molar-refractivity contribution in [3.05, 3.63) is 59.7 Å². The van der Waals surface area contributed by atoms with Crippen molar-refractivity contribution in [3.8, 4) is 0 Å². The van der Waals surface area contributed by atoms with E-state index in [1.165, 1.54) is 5.56 Å². The van der Waals surface area contributed by atoms with Crippen LogP contribution in [-0.4, -0.2) is 40.4 Å². The van der Waals surface area contributed by atoms with Crippen molar-refractivity contribution in [3.63, 3.8) is 0 Å². The molecule has 0 unspecified atom stereocenters. The van der Waals surface area contributed by atoms with Gasteiger partial charge in [0.2, 0.25) is 0 Å². The molecule has 1 amide bonds. The minimum absolute atomic E-state index is 0.00354. The van der Waals surface area contributed by atoms with Gasteiger partial charge in [0, 0.05) is 31.1 Å². The first kappa shape index (κ1) is 15.3. The van der Waals surface area contributed by atoms with Gasteiger partial charge in [-0.05, 0) is 36.9 Å². The lowest BCUT2D eigenvalue weighted by Crippen LogP contribution is -2.30. The molecule has 1 saturated heterocycles. The molecular formula is C19H22N4O. The Morgan fingerprint density at radius 2 is 1.96 bits per heavy atom. The van der Waals surface area contributed by atoms with Gasteiger partial charge >= 0.3 is 0 Å². The second-order valence-electron chi connectivity index (χ2n) is 6.80. The van der Waals surface area contributed by atoms with E-state index in [2.05, 4.69) is 22.1 Å². The van der Waals surface area contributed by atoms with Crippen LogP contribution in [0.25, 0.3) is 0 Å². The Hall–Kier alpha value is -2.27. The number of aromatic nitrogens is 2. The number of rotatable bonds is 4. The smallest absolute Gasteiger partial charge is 0.272 e. The highest BCUT2D eigenvalue weighted by molar-refractivity contribution is 5.92. The maximum absolute atomic E-state index is 12.9. The van der Waals surface area contributed by atoms with E-state index in [1.807, 2.05) is 23.1 Å². The molecule has 24 heavy (non-hydrogen) atoms. The predicted molar refractivity (Wildman–Crippen MR) is 91.6 cm³/mol. The Balaban J connectivity index is 1.54. The number of nitrogens with two attached hydrogens (primary N) is 1. The molecule has 2 atom stereocenters. The van der Waals surface area contributed by atoms with Gasteiger partial charge in [0.1, 0.15) is 11.5 Å². The average Bonchev–Trinajstić information content (AvgIpc) is 3.41. The summed E-state index contributed by atoms with van der Waals surface area (Å²) in [5, 5.41) is 0. The first-order valence-electron chi connectivity index (χ1n) is 8.63. The highest BCUT2D eigenvalue weighted by Crippen LogP contribution is 2.38. The zero-order valence-corrected chi connectivity index (χ0v) is 13.6. The normalized spacial score (nSPS) is 23.5. The molecule has 2 fully saturated rings. The van der Waals surface area contributed by atoms with Crippen LogP contribution in [0.5, 0.6) is 0 Å². The molecule has 1 aliphatic carbocycles. The molecule has 2 N–H and O–H groups in total. The third-order valence-corrected chi connectivity index (χ3v) is 5.09. The second-order valence-corrected chi connectivity index (χ2v) is 6.80. The van der Waals surface area contributed by atoms with E-state index in [0.717, 1.165) is 18.7 Å². The molecule has 5 nitrogen and oxygen atoms in total. The van der Waals surface area contributed by atoms with E-state index in [0.29, 0.717) is 43.1 Å². The van der Waals surface area contributed by atoms with Gasteiger partial charge in [-0.2, -0.15) is 0 Å². The Labute approximate surface area is 141 Å². The number of benzene rings is 1. The van der Waals surface area contributed by atoms with Crippen LogP contribution in [0.15, 0.2) is 42.6 Å². The van der Waals surface area contributed by atoms with E-state index in [9.17, 15) is 4.79 Å². The number of carbonyl (C=O) groups excluding carboxylic acids is 1. The molecule has 4 rings (SSSR count). The minimum atomic E-state index is -0.00354. The quantitative estimate of drug-likeness (QED) is 0.936. The Morgan fingerprint density at radius 1 is 1.17 bits per heavy atom. The summed E-state index contributed by atoms with van der Waals surface area (Å²) in [5.41, 5.74) is 7.74. The lowest BCUT2D eigenvalue weighted by Gasteiger charge is -2.16. The minimum Gasteiger partial charge on any atom is -0.336 e. The molecule has 1 saturated carbocycles. The van der Waals surface area contributed by atoms with Crippen molar-refractivity contribution in [2.75, 3.05) is 19.6 Å². The molecule has 0 spiro atoms. The monoisotopic (exact) mass is 322 g/mol. The van der Waals surface area contributed by atoms with Crippen LogP contribution in [0.1, 0.15) is 46.6 Å². The van der Waals surface area contributed by atoms with Crippen molar-refractivity contribution in [2.45, 2.75) is 24.7 Å². The molecule has 5 heteroatoms. The first-order chi connectivity index (χ1) is 11.8. The molecule has 1 aromatic carbocycles. The summed E-state index contributed by atoms with van der Waals surface area (Å²) < 4.78 is 0. The maximum atomic E-state index is 12.9. The van der Waals surface area contributed by atoms with Crippen LogP contribution in [-0.2, 0) is 0 Å². The Morgan fingerprint density at radius 3 is 2.67 bits per heavy atom. The summed E-state index contributed by atoms with van der Waals surface area (Å²) in [4.78, 5) is 23.6. The number of hydrogen-bond acceptors (Lipinski definition) is 4. The number of carbonyl (C=O) groups is 1. The number of amides is 1. The van der Waals surface area contributed by atoms with Crippen molar-refractivity contribution in [2.24, 2.45) is 11.7 Å². The van der Waals surface area contributed by atoms with Crippen LogP contribution in [0, 0.1) is 5.92 Å². The van der Waals surface area contributed by atoms with E-state index in [4.69, 9.17) is 5.73 Å². The zero-order valence-electron chi connectivity index (χ0n) is 13.6. The fourth-order valence-electron chi connectivity index (χ4n) is 3.55. The molecule has 2 aromatic rings. The van der Waals surface area contributed by atoms with Gasteiger partial charge in [0.05, 0.1) is 0 Å². The summed E-state index contributed by atoms with van der Waals surface area (Å²) in [5.74, 6) is 1.85. The van der Waals surface area contributed by atoms with Crippen molar-refractivity contribution in [1.82, 2.24) is 14.9 Å². The third kappa shape index (κ3) is 2.91. The van der Waals surface area contributed by atoms with Crippen LogP contribution in [0.4, 0.5) is 0 Å². The largest absolute Gasteiger partial charge is 0.336 e. The molecular weight excluding hydrogens is 300 g/mol. The standard InChI is InChI=1S/C19H22N4O/c20-10-15-11-23(12-16(15)13-4-2-1-3-5-13)19(24)17-8-9-21-18(22-17)14-6-7-14/h1-5,8-9,14-16H,6-7,10-12,20H2/t15-,16+/m1/s1. The van der Waals surface area contributed by atoms with Gasteiger partial charge in [-0.25, -0.2) is 9.97 Å². The summed E-state index contributed by atoms with van der Waals surface area (Å²) >= 11 is 0. The van der Waals surface area contributed by atoms with Gasteiger partial charge in [-0.1, -0.05) is 30.3 Å². The maximum Gasteiger partial charge on any atom is 0.272 e. The first-order valence-corrected chi connectivity index (χ1v) is 8.63. The fraction of sp³-hybridized carbons (Fsp3) is 0.421. The van der Waals surface area contributed by atoms with E-state index < -0.39 is 0 Å². The zero-order chi connectivity index (χ0) is 16.5. The van der Waals surface area contributed by atoms with Crippen molar-refractivity contribution >= 4 is 5.91 Å². The Kier molecular flexibility index (Phi) is 4.02. The van der Waals surface area contributed by atoms with Gasteiger partial charge in [0.25, 0.3) is 5.91 Å². The summed E-state index contributed by atoms with van der Waals surface area (Å²) in [6, 6.07) is 12.1. The van der Waals surface area contributed by atoms with E-state index in [-0.39, 0.29) is 5.91 Å². The van der Waals surface area contributed by atoms with Crippen molar-refractivity contribution < 1.29 is 4.79 Å². The molecule has 2 heterocycles.